The first-order chi connectivity index (χ1) is 9.76. The minimum atomic E-state index is 0.348. The minimum Gasteiger partial charge on any atom is -0.370 e. The highest BCUT2D eigenvalue weighted by Crippen LogP contribution is 2.19. The Morgan fingerprint density at radius 1 is 1.05 bits per heavy atom. The molecule has 2 aromatic rings. The number of hydrogen-bond acceptors (Lipinski definition) is 5. The third kappa shape index (κ3) is 3.04. The first-order valence-electron chi connectivity index (χ1n) is 6.19. The number of nitrogens with one attached hydrogen (secondary N) is 2. The van der Waals surface area contributed by atoms with Crippen LogP contribution in [0, 0.1) is 22.7 Å². The molecule has 0 bridgehead atoms. The smallest absolute Gasteiger partial charge is 0.132 e. The molecule has 2 N–H and O–H groups in total. The highest BCUT2D eigenvalue weighted by atomic mass is 15.1. The fourth-order valence-electron chi connectivity index (χ4n) is 1.74. The zero-order valence-electron chi connectivity index (χ0n) is 11.0. The lowest BCUT2D eigenvalue weighted by atomic mass is 10.1. The van der Waals surface area contributed by atoms with Gasteiger partial charge >= 0.3 is 0 Å². The molecule has 5 nitrogen and oxygen atoms in total. The van der Waals surface area contributed by atoms with Gasteiger partial charge in [0.2, 0.25) is 0 Å². The van der Waals surface area contributed by atoms with Crippen LogP contribution in [0.4, 0.5) is 17.3 Å². The van der Waals surface area contributed by atoms with Crippen molar-refractivity contribution in [1.82, 2.24) is 4.98 Å². The van der Waals surface area contributed by atoms with Gasteiger partial charge in [-0.1, -0.05) is 6.07 Å². The summed E-state index contributed by atoms with van der Waals surface area (Å²) in [5.74, 6) is 1.46. The van der Waals surface area contributed by atoms with E-state index in [4.69, 9.17) is 10.5 Å². The fourth-order valence-corrected chi connectivity index (χ4v) is 1.74. The minimum absolute atomic E-state index is 0.348. The summed E-state index contributed by atoms with van der Waals surface area (Å²) in [4.78, 5) is 4.39. The van der Waals surface area contributed by atoms with Crippen molar-refractivity contribution in [1.29, 1.82) is 10.5 Å². The first-order valence-corrected chi connectivity index (χ1v) is 6.19. The summed E-state index contributed by atoms with van der Waals surface area (Å²) in [5, 5.41) is 24.1. The van der Waals surface area contributed by atoms with Gasteiger partial charge in [-0.2, -0.15) is 10.5 Å². The van der Waals surface area contributed by atoms with Gasteiger partial charge < -0.3 is 10.6 Å². The van der Waals surface area contributed by atoms with Gasteiger partial charge in [0, 0.05) is 12.2 Å². The summed E-state index contributed by atoms with van der Waals surface area (Å²) in [6.07, 6.45) is 0. The number of nitrogens with zero attached hydrogens (tertiary/aromatic N) is 3. The molecule has 5 heteroatoms. The number of rotatable bonds is 4. The maximum atomic E-state index is 9.00. The van der Waals surface area contributed by atoms with E-state index in [1.54, 1.807) is 18.2 Å². The van der Waals surface area contributed by atoms with Gasteiger partial charge in [0.05, 0.1) is 11.1 Å². The van der Waals surface area contributed by atoms with Crippen molar-refractivity contribution < 1.29 is 0 Å². The van der Waals surface area contributed by atoms with Crippen molar-refractivity contribution in [3.63, 3.8) is 0 Å². The van der Waals surface area contributed by atoms with E-state index in [0.717, 1.165) is 18.1 Å². The van der Waals surface area contributed by atoms with E-state index >= 15 is 0 Å². The quantitative estimate of drug-likeness (QED) is 0.885. The van der Waals surface area contributed by atoms with Crippen LogP contribution in [0.2, 0.25) is 0 Å². The van der Waals surface area contributed by atoms with E-state index < -0.39 is 0 Å². The van der Waals surface area contributed by atoms with Gasteiger partial charge in [-0.3, -0.25) is 0 Å². The molecule has 98 valence electrons. The Morgan fingerprint density at radius 3 is 2.50 bits per heavy atom. The summed E-state index contributed by atoms with van der Waals surface area (Å²) in [6, 6.07) is 14.6. The highest BCUT2D eigenvalue weighted by molar-refractivity contribution is 5.62. The van der Waals surface area contributed by atoms with Crippen molar-refractivity contribution in [3.05, 3.63) is 47.5 Å². The van der Waals surface area contributed by atoms with Crippen molar-refractivity contribution in [3.8, 4) is 12.1 Å². The lowest BCUT2D eigenvalue weighted by Gasteiger charge is -2.08. The monoisotopic (exact) mass is 263 g/mol. The van der Waals surface area contributed by atoms with Crippen LogP contribution in [0.25, 0.3) is 0 Å². The average molecular weight is 263 g/mol. The molecule has 0 aliphatic carbocycles. The van der Waals surface area contributed by atoms with Gasteiger partial charge in [-0.15, -0.1) is 0 Å². The lowest BCUT2D eigenvalue weighted by molar-refractivity contribution is 1.16. The van der Waals surface area contributed by atoms with Crippen LogP contribution in [-0.4, -0.2) is 11.5 Å². The predicted octanol–water partition coefficient (Wildman–Crippen LogP) is 3.00. The fraction of sp³-hybridized carbons (Fsp3) is 0.133. The van der Waals surface area contributed by atoms with Crippen LogP contribution in [0.5, 0.6) is 0 Å². The molecule has 2 rings (SSSR count). The van der Waals surface area contributed by atoms with Crippen molar-refractivity contribution in [2.75, 3.05) is 17.2 Å². The van der Waals surface area contributed by atoms with Crippen molar-refractivity contribution in [2.45, 2.75) is 6.92 Å². The largest absolute Gasteiger partial charge is 0.370 e. The Hall–Kier alpha value is -3.05. The molecule has 0 atom stereocenters. The molecule has 0 fully saturated rings. The molecule has 0 aliphatic heterocycles. The molecule has 0 spiro atoms. The van der Waals surface area contributed by atoms with E-state index in [2.05, 4.69) is 15.6 Å². The van der Waals surface area contributed by atoms with Crippen LogP contribution in [0.1, 0.15) is 18.1 Å². The Morgan fingerprint density at radius 2 is 1.80 bits per heavy atom. The van der Waals surface area contributed by atoms with Crippen molar-refractivity contribution in [2.24, 2.45) is 0 Å². The van der Waals surface area contributed by atoms with E-state index in [1.165, 1.54) is 0 Å². The van der Waals surface area contributed by atoms with Gasteiger partial charge in [-0.05, 0) is 37.3 Å². The second kappa shape index (κ2) is 6.21. The summed E-state index contributed by atoms with van der Waals surface area (Å²) in [6.45, 7) is 2.80. The SMILES string of the molecule is CCNc1cccc(Nc2ccc(C#N)c(C#N)c2)n1. The molecule has 0 amide bonds. The predicted molar refractivity (Wildman–Crippen MR) is 77.6 cm³/mol. The number of benzene rings is 1. The Bertz CT molecular complexity index is 694. The molecule has 1 heterocycles. The second-order valence-corrected chi connectivity index (χ2v) is 4.05. The maximum Gasteiger partial charge on any atom is 0.132 e. The molecule has 0 saturated heterocycles. The molecule has 20 heavy (non-hydrogen) atoms. The van der Waals surface area contributed by atoms with E-state index in [1.807, 2.05) is 37.3 Å². The molecule has 0 unspecified atom stereocenters. The number of nitriles is 2. The Balaban J connectivity index is 2.24. The topological polar surface area (TPSA) is 84.5 Å². The van der Waals surface area contributed by atoms with Crippen molar-refractivity contribution >= 4 is 17.3 Å². The molecular weight excluding hydrogens is 250 g/mol. The molecule has 0 aliphatic rings. The first kappa shape index (κ1) is 13.4. The molecular formula is C15H13N5. The van der Waals surface area contributed by atoms with Gasteiger partial charge in [-0.25, -0.2) is 4.98 Å². The second-order valence-electron chi connectivity index (χ2n) is 4.05. The number of pyridine rings is 1. The zero-order valence-corrected chi connectivity index (χ0v) is 11.0. The zero-order chi connectivity index (χ0) is 14.4. The third-order valence-corrected chi connectivity index (χ3v) is 2.64. The van der Waals surface area contributed by atoms with E-state index in [9.17, 15) is 0 Å². The summed E-state index contributed by atoms with van der Waals surface area (Å²) in [5.41, 5.74) is 1.44. The third-order valence-electron chi connectivity index (χ3n) is 2.64. The molecule has 1 aromatic heterocycles. The number of anilines is 3. The number of aromatic nitrogens is 1. The standard InChI is InChI=1S/C15H13N5/c1-2-18-14-4-3-5-15(20-14)19-13-7-6-11(9-16)12(8-13)10-17/h3-8H,2H2,1H3,(H2,18,19,20). The van der Waals surface area contributed by atoms with Crippen LogP contribution in [0.15, 0.2) is 36.4 Å². The maximum absolute atomic E-state index is 9.00. The van der Waals surface area contributed by atoms with Crippen LogP contribution in [-0.2, 0) is 0 Å². The van der Waals surface area contributed by atoms with Gasteiger partial charge in [0.1, 0.15) is 23.8 Å². The summed E-state index contributed by atoms with van der Waals surface area (Å²) < 4.78 is 0. The molecule has 0 radical (unpaired) electrons. The van der Waals surface area contributed by atoms with Gasteiger partial charge in [0.25, 0.3) is 0 Å². The van der Waals surface area contributed by atoms with Crippen LogP contribution in [0.3, 0.4) is 0 Å². The lowest BCUT2D eigenvalue weighted by Crippen LogP contribution is -2.01. The van der Waals surface area contributed by atoms with Crippen LogP contribution < -0.4 is 10.6 Å². The normalized spacial score (nSPS) is 9.35. The Kier molecular flexibility index (Phi) is 4.16. The summed E-state index contributed by atoms with van der Waals surface area (Å²) in [7, 11) is 0. The average Bonchev–Trinajstić information content (AvgIpc) is 2.48. The highest BCUT2D eigenvalue weighted by Gasteiger charge is 2.04. The Labute approximate surface area is 117 Å². The van der Waals surface area contributed by atoms with Gasteiger partial charge in [0.15, 0.2) is 0 Å². The number of hydrogen-bond donors (Lipinski definition) is 2. The molecule has 1 aromatic carbocycles. The van der Waals surface area contributed by atoms with E-state index in [-0.39, 0.29) is 0 Å². The molecule has 0 saturated carbocycles. The van der Waals surface area contributed by atoms with E-state index in [0.29, 0.717) is 16.9 Å². The summed E-state index contributed by atoms with van der Waals surface area (Å²) >= 11 is 0. The van der Waals surface area contributed by atoms with Crippen LogP contribution >= 0.6 is 0 Å².